The lowest BCUT2D eigenvalue weighted by atomic mass is 9.98. The Bertz CT molecular complexity index is 1720. The first-order valence-electron chi connectivity index (χ1n) is 11.8. The van der Waals surface area contributed by atoms with Gasteiger partial charge in [0.25, 0.3) is 11.8 Å². The van der Waals surface area contributed by atoms with Crippen molar-refractivity contribution in [2.24, 2.45) is 0 Å². The zero-order chi connectivity index (χ0) is 26.1. The summed E-state index contributed by atoms with van der Waals surface area (Å²) in [4.78, 5) is 40.2. The molecule has 1 aliphatic heterocycles. The third-order valence-electron chi connectivity index (χ3n) is 6.48. The Morgan fingerprint density at radius 1 is 0.730 bits per heavy atom. The number of ketones is 1. The Kier molecular flexibility index (Phi) is 6.12. The molecule has 5 heteroatoms. The number of hydrogen-bond donors (Lipinski definition) is 0. The summed E-state index contributed by atoms with van der Waals surface area (Å²) in [7, 11) is 1.50. The molecule has 0 spiro atoms. The van der Waals surface area contributed by atoms with E-state index in [2.05, 4.69) is 13.2 Å². The molecule has 2 amide bonds. The summed E-state index contributed by atoms with van der Waals surface area (Å²) < 4.78 is 1.98. The van der Waals surface area contributed by atoms with Crippen molar-refractivity contribution in [3.05, 3.63) is 139 Å². The highest BCUT2D eigenvalue weighted by atomic mass is 16.2. The maximum atomic E-state index is 13.5. The van der Waals surface area contributed by atoms with Crippen LogP contribution in [0.4, 0.5) is 0 Å². The maximum Gasteiger partial charge on any atom is 0.263 e. The van der Waals surface area contributed by atoms with Crippen molar-refractivity contribution in [2.45, 2.75) is 0 Å². The third kappa shape index (κ3) is 3.78. The highest BCUT2D eigenvalue weighted by Crippen LogP contribution is 2.37. The first-order valence-corrected chi connectivity index (χ1v) is 11.8. The van der Waals surface area contributed by atoms with Gasteiger partial charge in [0.2, 0.25) is 0 Å². The Balaban J connectivity index is 0.000000655. The molecule has 0 bridgehead atoms. The van der Waals surface area contributed by atoms with Crippen molar-refractivity contribution in [1.82, 2.24) is 9.47 Å². The summed E-state index contributed by atoms with van der Waals surface area (Å²) in [5.74, 6) is -0.695. The van der Waals surface area contributed by atoms with Crippen LogP contribution in [-0.2, 0) is 0 Å². The third-order valence-corrected chi connectivity index (χ3v) is 6.48. The zero-order valence-electron chi connectivity index (χ0n) is 20.3. The zero-order valence-corrected chi connectivity index (χ0v) is 20.3. The minimum Gasteiger partial charge on any atom is -0.308 e. The lowest BCUT2D eigenvalue weighted by Gasteiger charge is -2.12. The fourth-order valence-corrected chi connectivity index (χ4v) is 4.78. The van der Waals surface area contributed by atoms with Crippen LogP contribution >= 0.6 is 0 Å². The topological polar surface area (TPSA) is 59.4 Å². The Morgan fingerprint density at radius 2 is 1.38 bits per heavy atom. The fraction of sp³-hybridized carbons (Fsp3) is 0.0312. The van der Waals surface area contributed by atoms with Crippen LogP contribution in [0.25, 0.3) is 27.5 Å². The molecule has 37 heavy (non-hydrogen) atoms. The van der Waals surface area contributed by atoms with Crippen LogP contribution in [0.5, 0.6) is 0 Å². The highest BCUT2D eigenvalue weighted by molar-refractivity contribution is 6.25. The largest absolute Gasteiger partial charge is 0.308 e. The molecule has 180 valence electrons. The number of hydrogen-bond acceptors (Lipinski definition) is 3. The molecule has 4 aromatic carbocycles. The van der Waals surface area contributed by atoms with Crippen molar-refractivity contribution >= 4 is 39.4 Å². The molecule has 1 aromatic heterocycles. The van der Waals surface area contributed by atoms with Crippen LogP contribution in [0.1, 0.15) is 36.6 Å². The van der Waals surface area contributed by atoms with Crippen LogP contribution < -0.4 is 0 Å². The highest BCUT2D eigenvalue weighted by Gasteiger charge is 2.36. The molecule has 0 radical (unpaired) electrons. The minimum absolute atomic E-state index is 0.0617. The summed E-state index contributed by atoms with van der Waals surface area (Å²) in [5, 5.41) is 1.74. The van der Waals surface area contributed by atoms with Gasteiger partial charge in [-0.05, 0) is 24.3 Å². The van der Waals surface area contributed by atoms with Gasteiger partial charge in [-0.25, -0.2) is 0 Å². The average Bonchev–Trinajstić information content (AvgIpc) is 3.40. The summed E-state index contributed by atoms with van der Waals surface area (Å²) in [6.07, 6.45) is 3.28. The SMILES string of the molecule is C=CC=C.CN1C(=O)c2cccc(-n3c4ccccc4c4c(C(=O)c5ccccc5)cccc43)c2C1=O. The van der Waals surface area contributed by atoms with E-state index < -0.39 is 0 Å². The van der Waals surface area contributed by atoms with E-state index in [9.17, 15) is 14.4 Å². The van der Waals surface area contributed by atoms with E-state index in [0.717, 1.165) is 26.7 Å². The molecule has 0 fully saturated rings. The average molecular weight is 485 g/mol. The second-order valence-corrected chi connectivity index (χ2v) is 8.59. The van der Waals surface area contributed by atoms with E-state index in [1.54, 1.807) is 24.3 Å². The molecule has 0 aliphatic carbocycles. The van der Waals surface area contributed by atoms with Gasteiger partial charge in [0.1, 0.15) is 0 Å². The van der Waals surface area contributed by atoms with E-state index in [4.69, 9.17) is 0 Å². The predicted octanol–water partition coefficient (Wildman–Crippen LogP) is 6.60. The van der Waals surface area contributed by atoms with Gasteiger partial charge in [0.05, 0.1) is 27.8 Å². The Hall–Kier alpha value is -5.03. The standard InChI is InChI=1S/C28H18N2O3.C4H6/c1-29-27(32)20-13-8-16-23(25(20)28(29)33)30-21-14-6-5-11-18(21)24-19(12-7-15-22(24)30)26(31)17-9-3-2-4-10-17;1-3-4-2/h2-16H,1H3;3-4H,1-2H2. The van der Waals surface area contributed by atoms with Crippen LogP contribution in [0, 0.1) is 0 Å². The number of rotatable bonds is 4. The number of carbonyl (C=O) groups excluding carboxylic acids is 3. The number of imide groups is 1. The molecule has 2 heterocycles. The van der Waals surface area contributed by atoms with Crippen LogP contribution in [-0.4, -0.2) is 34.1 Å². The second kappa shape index (κ2) is 9.55. The van der Waals surface area contributed by atoms with E-state index in [1.165, 1.54) is 7.05 Å². The molecule has 0 saturated carbocycles. The predicted molar refractivity (Wildman–Crippen MR) is 147 cm³/mol. The summed E-state index contributed by atoms with van der Waals surface area (Å²) in [6, 6.07) is 28.0. The first-order chi connectivity index (χ1) is 18.0. The molecule has 5 aromatic rings. The summed E-state index contributed by atoms with van der Waals surface area (Å²) in [5.41, 5.74) is 4.29. The molecular formula is C32H24N2O3. The minimum atomic E-state index is -0.326. The second-order valence-electron chi connectivity index (χ2n) is 8.59. The molecule has 0 atom stereocenters. The number of fused-ring (bicyclic) bond motifs is 4. The number of amides is 2. The molecule has 1 aliphatic rings. The molecule has 0 N–H and O–H groups in total. The van der Waals surface area contributed by atoms with Gasteiger partial charge in [-0.2, -0.15) is 0 Å². The maximum absolute atomic E-state index is 13.5. The number of nitrogens with zero attached hydrogens (tertiary/aromatic N) is 2. The van der Waals surface area contributed by atoms with Crippen molar-refractivity contribution < 1.29 is 14.4 Å². The van der Waals surface area contributed by atoms with Gasteiger partial charge in [0, 0.05) is 28.9 Å². The van der Waals surface area contributed by atoms with E-state index in [1.807, 2.05) is 83.4 Å². The van der Waals surface area contributed by atoms with Gasteiger partial charge in [-0.15, -0.1) is 0 Å². The number of carbonyl (C=O) groups is 3. The summed E-state index contributed by atoms with van der Waals surface area (Å²) >= 11 is 0. The first kappa shape index (κ1) is 23.7. The van der Waals surface area contributed by atoms with Crippen LogP contribution in [0.3, 0.4) is 0 Å². The van der Waals surface area contributed by atoms with E-state index in [-0.39, 0.29) is 17.6 Å². The normalized spacial score (nSPS) is 12.3. The molecule has 5 nitrogen and oxygen atoms in total. The fourth-order valence-electron chi connectivity index (χ4n) is 4.78. The van der Waals surface area contributed by atoms with Crippen LogP contribution in [0.15, 0.2) is 116 Å². The van der Waals surface area contributed by atoms with Gasteiger partial charge >= 0.3 is 0 Å². The van der Waals surface area contributed by atoms with E-state index in [0.29, 0.717) is 27.9 Å². The number of para-hydroxylation sites is 1. The van der Waals surface area contributed by atoms with Crippen molar-refractivity contribution in [2.75, 3.05) is 7.05 Å². The number of benzene rings is 4. The quantitative estimate of drug-likeness (QED) is 0.164. The van der Waals surface area contributed by atoms with Gasteiger partial charge < -0.3 is 4.57 Å². The lowest BCUT2D eigenvalue weighted by molar-refractivity contribution is 0.0693. The molecule has 0 saturated heterocycles. The summed E-state index contributed by atoms with van der Waals surface area (Å²) in [6.45, 7) is 6.72. The van der Waals surface area contributed by atoms with Crippen molar-refractivity contribution in [1.29, 1.82) is 0 Å². The number of aromatic nitrogens is 1. The molecule has 6 rings (SSSR count). The van der Waals surface area contributed by atoms with Gasteiger partial charge in [0.15, 0.2) is 5.78 Å². The van der Waals surface area contributed by atoms with Crippen molar-refractivity contribution in [3.8, 4) is 5.69 Å². The monoisotopic (exact) mass is 484 g/mol. The Morgan fingerprint density at radius 3 is 2.11 bits per heavy atom. The van der Waals surface area contributed by atoms with Crippen LogP contribution in [0.2, 0.25) is 0 Å². The molecular weight excluding hydrogens is 460 g/mol. The Labute approximate surface area is 214 Å². The molecule has 0 unspecified atom stereocenters. The number of allylic oxidation sites excluding steroid dienone is 2. The smallest absolute Gasteiger partial charge is 0.263 e. The van der Waals surface area contributed by atoms with Gasteiger partial charge in [-0.3, -0.25) is 19.3 Å². The lowest BCUT2D eigenvalue weighted by Crippen LogP contribution is -2.24. The van der Waals surface area contributed by atoms with E-state index >= 15 is 0 Å². The van der Waals surface area contributed by atoms with Crippen molar-refractivity contribution in [3.63, 3.8) is 0 Å². The van der Waals surface area contributed by atoms with Gasteiger partial charge in [-0.1, -0.05) is 92.0 Å².